The van der Waals surface area contributed by atoms with Crippen molar-refractivity contribution in [2.24, 2.45) is 11.8 Å². The number of allylic oxidation sites excluding steroid dienone is 1. The third-order valence-corrected chi connectivity index (χ3v) is 5.20. The Hall–Kier alpha value is -0.350. The van der Waals surface area contributed by atoms with Gasteiger partial charge in [-0.2, -0.15) is 0 Å². The van der Waals surface area contributed by atoms with Crippen molar-refractivity contribution in [3.8, 4) is 0 Å². The molecule has 0 unspecified atom stereocenters. The van der Waals surface area contributed by atoms with Crippen molar-refractivity contribution in [3.05, 3.63) is 11.6 Å². The topological polar surface area (TPSA) is 46.2 Å². The van der Waals surface area contributed by atoms with Gasteiger partial charge in [-0.1, -0.05) is 18.6 Å². The molecule has 112 valence electrons. The molecule has 19 heavy (non-hydrogen) atoms. The summed E-state index contributed by atoms with van der Waals surface area (Å²) in [6.45, 7) is 9.65. The predicted molar refractivity (Wildman–Crippen MR) is 82.1 cm³/mol. The van der Waals surface area contributed by atoms with Gasteiger partial charge < -0.3 is 5.32 Å². The molecule has 0 fully saturated rings. The van der Waals surface area contributed by atoms with Gasteiger partial charge in [-0.3, -0.25) is 0 Å². The molecule has 1 rings (SSSR count). The Morgan fingerprint density at radius 1 is 1.42 bits per heavy atom. The average Bonchev–Trinajstić information content (AvgIpc) is 2.25. The Bertz CT molecular complexity index is 423. The van der Waals surface area contributed by atoms with E-state index in [0.717, 1.165) is 6.54 Å². The first-order valence-electron chi connectivity index (χ1n) is 7.20. The van der Waals surface area contributed by atoms with Crippen LogP contribution in [-0.4, -0.2) is 32.5 Å². The standard InChI is InChI=1S/C15H29NO2S/c1-12-7-6-8-13(2)14(12)11-16-15(3,4)9-10-19(5,17)18/h7,13-14,16H,6,8-11H2,1-5H3/t13-,14-/m0/s1. The van der Waals surface area contributed by atoms with E-state index in [9.17, 15) is 8.42 Å². The smallest absolute Gasteiger partial charge is 0.147 e. The molecule has 0 aromatic rings. The lowest BCUT2D eigenvalue weighted by molar-refractivity contribution is 0.295. The maximum absolute atomic E-state index is 11.3. The van der Waals surface area contributed by atoms with E-state index in [1.165, 1.54) is 24.7 Å². The van der Waals surface area contributed by atoms with Gasteiger partial charge in [0.25, 0.3) is 0 Å². The summed E-state index contributed by atoms with van der Waals surface area (Å²) in [5.41, 5.74) is 1.35. The molecular formula is C15H29NO2S. The number of rotatable bonds is 6. The van der Waals surface area contributed by atoms with Crippen molar-refractivity contribution >= 4 is 9.84 Å². The van der Waals surface area contributed by atoms with Gasteiger partial charge in [-0.25, -0.2) is 8.42 Å². The summed E-state index contributed by atoms with van der Waals surface area (Å²) in [4.78, 5) is 0. The summed E-state index contributed by atoms with van der Waals surface area (Å²) in [5, 5.41) is 3.56. The van der Waals surface area contributed by atoms with Crippen molar-refractivity contribution in [2.75, 3.05) is 18.6 Å². The van der Waals surface area contributed by atoms with E-state index in [-0.39, 0.29) is 11.3 Å². The molecule has 2 atom stereocenters. The maximum atomic E-state index is 11.3. The molecule has 0 aromatic heterocycles. The van der Waals surface area contributed by atoms with E-state index in [1.54, 1.807) is 0 Å². The van der Waals surface area contributed by atoms with E-state index in [2.05, 4.69) is 39.1 Å². The van der Waals surface area contributed by atoms with Crippen LogP contribution in [0.3, 0.4) is 0 Å². The molecular weight excluding hydrogens is 258 g/mol. The first kappa shape index (κ1) is 16.7. The van der Waals surface area contributed by atoms with Crippen molar-refractivity contribution in [3.63, 3.8) is 0 Å². The second kappa shape index (κ2) is 6.40. The summed E-state index contributed by atoms with van der Waals surface area (Å²) in [6, 6.07) is 0. The molecule has 1 N–H and O–H groups in total. The highest BCUT2D eigenvalue weighted by molar-refractivity contribution is 7.90. The highest BCUT2D eigenvalue weighted by Crippen LogP contribution is 2.30. The molecule has 0 bridgehead atoms. The highest BCUT2D eigenvalue weighted by atomic mass is 32.2. The minimum absolute atomic E-state index is 0.124. The third kappa shape index (κ3) is 6.09. The lowest BCUT2D eigenvalue weighted by atomic mass is 9.79. The average molecular weight is 287 g/mol. The second-order valence-corrected chi connectivity index (χ2v) is 9.01. The molecule has 0 radical (unpaired) electrons. The zero-order valence-corrected chi connectivity index (χ0v) is 13.8. The number of hydrogen-bond acceptors (Lipinski definition) is 3. The Morgan fingerprint density at radius 3 is 2.58 bits per heavy atom. The number of hydrogen-bond donors (Lipinski definition) is 1. The van der Waals surface area contributed by atoms with E-state index < -0.39 is 9.84 Å². The van der Waals surface area contributed by atoms with Gasteiger partial charge in [-0.15, -0.1) is 0 Å². The molecule has 1 aliphatic carbocycles. The largest absolute Gasteiger partial charge is 0.311 e. The van der Waals surface area contributed by atoms with Crippen molar-refractivity contribution in [1.82, 2.24) is 5.32 Å². The van der Waals surface area contributed by atoms with E-state index >= 15 is 0 Å². The minimum Gasteiger partial charge on any atom is -0.311 e. The molecule has 0 amide bonds. The fraction of sp³-hybridized carbons (Fsp3) is 0.867. The van der Waals surface area contributed by atoms with Crippen LogP contribution in [0.25, 0.3) is 0 Å². The monoisotopic (exact) mass is 287 g/mol. The molecule has 3 nitrogen and oxygen atoms in total. The van der Waals surface area contributed by atoms with Crippen LogP contribution in [0.15, 0.2) is 11.6 Å². The Morgan fingerprint density at radius 2 is 2.05 bits per heavy atom. The molecule has 0 aliphatic heterocycles. The van der Waals surface area contributed by atoms with Crippen molar-refractivity contribution < 1.29 is 8.42 Å². The highest BCUT2D eigenvalue weighted by Gasteiger charge is 2.25. The number of sulfone groups is 1. The summed E-state index contributed by atoms with van der Waals surface area (Å²) in [5.74, 6) is 1.55. The summed E-state index contributed by atoms with van der Waals surface area (Å²) >= 11 is 0. The molecule has 0 saturated heterocycles. The van der Waals surface area contributed by atoms with E-state index in [4.69, 9.17) is 0 Å². The van der Waals surface area contributed by atoms with Crippen LogP contribution >= 0.6 is 0 Å². The predicted octanol–water partition coefficient (Wildman–Crippen LogP) is 2.78. The van der Waals surface area contributed by atoms with Gasteiger partial charge in [0, 0.05) is 18.3 Å². The van der Waals surface area contributed by atoms with Crippen molar-refractivity contribution in [1.29, 1.82) is 0 Å². The summed E-state index contributed by atoms with van der Waals surface area (Å²) < 4.78 is 22.5. The van der Waals surface area contributed by atoms with Crippen LogP contribution in [-0.2, 0) is 9.84 Å². The molecule has 0 spiro atoms. The second-order valence-electron chi connectivity index (χ2n) is 6.75. The van der Waals surface area contributed by atoms with Crippen LogP contribution in [0.5, 0.6) is 0 Å². The molecule has 0 aromatic carbocycles. The van der Waals surface area contributed by atoms with Gasteiger partial charge >= 0.3 is 0 Å². The van der Waals surface area contributed by atoms with Crippen LogP contribution in [0.2, 0.25) is 0 Å². The van der Waals surface area contributed by atoms with Crippen LogP contribution in [0, 0.1) is 11.8 Å². The van der Waals surface area contributed by atoms with Crippen LogP contribution in [0.4, 0.5) is 0 Å². The Kier molecular flexibility index (Phi) is 5.63. The van der Waals surface area contributed by atoms with Gasteiger partial charge in [0.2, 0.25) is 0 Å². The normalized spacial score (nSPS) is 25.2. The fourth-order valence-corrected chi connectivity index (χ4v) is 3.53. The van der Waals surface area contributed by atoms with Crippen LogP contribution < -0.4 is 5.32 Å². The first-order chi connectivity index (χ1) is 8.61. The summed E-state index contributed by atoms with van der Waals surface area (Å²) in [6.07, 6.45) is 6.76. The van der Waals surface area contributed by atoms with Gasteiger partial charge in [0.05, 0.1) is 5.75 Å². The summed E-state index contributed by atoms with van der Waals surface area (Å²) in [7, 11) is -2.87. The SMILES string of the molecule is CC1=CCC[C@H](C)[C@H]1CNC(C)(C)CCS(C)(=O)=O. The zero-order valence-electron chi connectivity index (χ0n) is 13.0. The first-order valence-corrected chi connectivity index (χ1v) is 9.26. The maximum Gasteiger partial charge on any atom is 0.147 e. The lowest BCUT2D eigenvalue weighted by Gasteiger charge is -2.33. The van der Waals surface area contributed by atoms with Gasteiger partial charge in [-0.05, 0) is 51.9 Å². The van der Waals surface area contributed by atoms with E-state index in [0.29, 0.717) is 18.3 Å². The molecule has 1 aliphatic rings. The zero-order chi connectivity index (χ0) is 14.7. The minimum atomic E-state index is -2.87. The Labute approximate surface area is 118 Å². The van der Waals surface area contributed by atoms with Gasteiger partial charge in [0.15, 0.2) is 0 Å². The Balaban J connectivity index is 2.50. The number of nitrogens with one attached hydrogen (secondary N) is 1. The van der Waals surface area contributed by atoms with Gasteiger partial charge in [0.1, 0.15) is 9.84 Å². The molecule has 0 heterocycles. The van der Waals surface area contributed by atoms with Crippen molar-refractivity contribution in [2.45, 2.75) is 52.5 Å². The lowest BCUT2D eigenvalue weighted by Crippen LogP contribution is -2.44. The quantitative estimate of drug-likeness (QED) is 0.764. The fourth-order valence-electron chi connectivity index (χ4n) is 2.65. The van der Waals surface area contributed by atoms with E-state index in [1.807, 2.05) is 0 Å². The molecule has 4 heteroatoms. The van der Waals surface area contributed by atoms with Crippen LogP contribution in [0.1, 0.15) is 47.0 Å². The third-order valence-electron chi connectivity index (χ3n) is 4.26. The molecule has 0 saturated carbocycles.